The van der Waals surface area contributed by atoms with Crippen molar-refractivity contribution in [2.45, 2.75) is 46.6 Å². The van der Waals surface area contributed by atoms with E-state index in [0.29, 0.717) is 5.41 Å². The Morgan fingerprint density at radius 2 is 2.05 bits per heavy atom. The number of thiophene rings is 1. The Balaban J connectivity index is 2.18. The summed E-state index contributed by atoms with van der Waals surface area (Å²) in [6.07, 6.45) is 3.36. The van der Waals surface area contributed by atoms with E-state index in [1.807, 2.05) is 22.0 Å². The van der Waals surface area contributed by atoms with Crippen molar-refractivity contribution in [1.29, 1.82) is 0 Å². The van der Waals surface area contributed by atoms with Gasteiger partial charge in [0.15, 0.2) is 0 Å². The van der Waals surface area contributed by atoms with Crippen LogP contribution in [0.3, 0.4) is 0 Å². The fourth-order valence-electron chi connectivity index (χ4n) is 3.80. The first-order chi connectivity index (χ1) is 10.5. The van der Waals surface area contributed by atoms with Crippen LogP contribution >= 0.6 is 11.3 Å². The second kappa shape index (κ2) is 4.69. The van der Waals surface area contributed by atoms with Crippen molar-refractivity contribution in [3.05, 3.63) is 45.1 Å². The van der Waals surface area contributed by atoms with Crippen LogP contribution in [0.5, 0.6) is 0 Å². The number of fused-ring (bicyclic) bond motifs is 5. The molecule has 0 spiro atoms. The van der Waals surface area contributed by atoms with Crippen LogP contribution in [0, 0.1) is 5.41 Å². The number of benzene rings is 1. The highest BCUT2D eigenvalue weighted by atomic mass is 32.1. The van der Waals surface area contributed by atoms with Crippen molar-refractivity contribution in [2.24, 2.45) is 5.41 Å². The van der Waals surface area contributed by atoms with Crippen LogP contribution in [-0.4, -0.2) is 4.57 Å². The molecule has 0 radical (unpaired) electrons. The third-order valence-corrected chi connectivity index (χ3v) is 6.31. The Bertz CT molecular complexity index is 945. The van der Waals surface area contributed by atoms with E-state index in [-0.39, 0.29) is 5.56 Å². The fraction of sp³-hybridized carbons (Fsp3) is 0.421. The van der Waals surface area contributed by atoms with Gasteiger partial charge in [-0.25, -0.2) is 0 Å². The Morgan fingerprint density at radius 1 is 1.27 bits per heavy atom. The Kier molecular flexibility index (Phi) is 2.99. The van der Waals surface area contributed by atoms with E-state index in [2.05, 4.69) is 39.0 Å². The van der Waals surface area contributed by atoms with E-state index in [4.69, 9.17) is 0 Å². The molecule has 0 saturated heterocycles. The molecule has 2 heterocycles. The normalized spacial score (nSPS) is 17.0. The summed E-state index contributed by atoms with van der Waals surface area (Å²) in [5.41, 5.74) is 2.90. The highest BCUT2D eigenvalue weighted by Crippen LogP contribution is 2.43. The average Bonchev–Trinajstić information content (AvgIpc) is 2.85. The molecule has 0 atom stereocenters. The van der Waals surface area contributed by atoms with Gasteiger partial charge in [0.1, 0.15) is 0 Å². The number of rotatable bonds is 1. The minimum absolute atomic E-state index is 0.200. The molecule has 0 saturated carbocycles. The fourth-order valence-corrected chi connectivity index (χ4v) is 5.14. The summed E-state index contributed by atoms with van der Waals surface area (Å²) in [5.74, 6) is 0. The molecule has 1 aromatic carbocycles. The number of pyridine rings is 1. The molecular formula is C19H21NOS. The monoisotopic (exact) mass is 311 g/mol. The molecular weight excluding hydrogens is 290 g/mol. The smallest absolute Gasteiger partial charge is 0.260 e. The van der Waals surface area contributed by atoms with Gasteiger partial charge < -0.3 is 4.57 Å². The predicted octanol–water partition coefficient (Wildman–Crippen LogP) is 4.75. The maximum absolute atomic E-state index is 13.1. The maximum Gasteiger partial charge on any atom is 0.260 e. The summed E-state index contributed by atoms with van der Waals surface area (Å²) < 4.78 is 3.14. The van der Waals surface area contributed by atoms with Crippen LogP contribution < -0.4 is 5.56 Å². The molecule has 0 N–H and O–H groups in total. The zero-order valence-electron chi connectivity index (χ0n) is 13.4. The van der Waals surface area contributed by atoms with E-state index in [1.54, 1.807) is 0 Å². The number of nitrogens with zero attached hydrogens (tertiary/aromatic N) is 1. The van der Waals surface area contributed by atoms with E-state index < -0.39 is 0 Å². The summed E-state index contributed by atoms with van der Waals surface area (Å²) >= 11 is 1.85. The molecule has 0 amide bonds. The first kappa shape index (κ1) is 14.0. The molecule has 2 aromatic heterocycles. The predicted molar refractivity (Wildman–Crippen MR) is 95.1 cm³/mol. The average molecular weight is 311 g/mol. The van der Waals surface area contributed by atoms with E-state index >= 15 is 0 Å². The van der Waals surface area contributed by atoms with Gasteiger partial charge in [0.2, 0.25) is 0 Å². The van der Waals surface area contributed by atoms with Gasteiger partial charge in [0.05, 0.1) is 10.9 Å². The lowest BCUT2D eigenvalue weighted by Crippen LogP contribution is -2.24. The molecule has 1 aliphatic carbocycles. The van der Waals surface area contributed by atoms with E-state index in [0.717, 1.165) is 30.3 Å². The molecule has 22 heavy (non-hydrogen) atoms. The van der Waals surface area contributed by atoms with Crippen LogP contribution in [0.15, 0.2) is 29.1 Å². The van der Waals surface area contributed by atoms with E-state index in [1.165, 1.54) is 26.9 Å². The molecule has 0 bridgehead atoms. The Hall–Kier alpha value is -1.61. The summed E-state index contributed by atoms with van der Waals surface area (Å²) in [4.78, 5) is 14.5. The summed E-state index contributed by atoms with van der Waals surface area (Å²) in [5, 5.41) is 2.23. The number of para-hydroxylation sites is 1. The van der Waals surface area contributed by atoms with Gasteiger partial charge in [-0.15, -0.1) is 11.3 Å². The first-order valence-electron chi connectivity index (χ1n) is 8.07. The molecule has 4 rings (SSSR count). The molecule has 2 nitrogen and oxygen atoms in total. The van der Waals surface area contributed by atoms with Crippen LogP contribution in [0.2, 0.25) is 0 Å². The molecule has 0 aliphatic heterocycles. The zero-order valence-corrected chi connectivity index (χ0v) is 14.2. The highest BCUT2D eigenvalue weighted by molar-refractivity contribution is 7.20. The van der Waals surface area contributed by atoms with Crippen molar-refractivity contribution >= 4 is 32.3 Å². The van der Waals surface area contributed by atoms with Gasteiger partial charge in [-0.1, -0.05) is 32.0 Å². The number of hydrogen-bond acceptors (Lipinski definition) is 2. The van der Waals surface area contributed by atoms with Crippen molar-refractivity contribution < 1.29 is 0 Å². The maximum atomic E-state index is 13.1. The second-order valence-electron chi connectivity index (χ2n) is 7.12. The van der Waals surface area contributed by atoms with Crippen molar-refractivity contribution in [3.8, 4) is 0 Å². The molecule has 0 fully saturated rings. The molecule has 3 aromatic rings. The number of aromatic nitrogens is 1. The molecule has 3 heteroatoms. The zero-order chi connectivity index (χ0) is 15.5. The SMILES string of the molecule is CCn1c(=O)c2c3c(sc2c2ccccc21)CCC(C)(C)C3. The van der Waals surface area contributed by atoms with Gasteiger partial charge in [-0.05, 0) is 43.2 Å². The summed E-state index contributed by atoms with van der Waals surface area (Å²) in [6, 6.07) is 8.34. The van der Waals surface area contributed by atoms with Crippen LogP contribution in [0.4, 0.5) is 0 Å². The van der Waals surface area contributed by atoms with Crippen molar-refractivity contribution in [2.75, 3.05) is 0 Å². The third-order valence-electron chi connectivity index (χ3n) is 4.99. The Morgan fingerprint density at radius 3 is 2.82 bits per heavy atom. The van der Waals surface area contributed by atoms with Crippen LogP contribution in [0.25, 0.3) is 21.0 Å². The highest BCUT2D eigenvalue weighted by Gasteiger charge is 2.30. The standard InChI is InChI=1S/C19H21NOS/c1-4-20-14-8-6-5-7-12(14)17-16(18(20)21)13-11-19(2,3)10-9-15(13)22-17/h5-8H,4,9-11H2,1-3H3. The molecule has 0 unspecified atom stereocenters. The number of hydrogen-bond donors (Lipinski definition) is 0. The van der Waals surface area contributed by atoms with Crippen molar-refractivity contribution in [1.82, 2.24) is 4.57 Å². The third kappa shape index (κ3) is 1.88. The minimum atomic E-state index is 0.200. The quantitative estimate of drug-likeness (QED) is 0.635. The van der Waals surface area contributed by atoms with Crippen molar-refractivity contribution in [3.63, 3.8) is 0 Å². The molecule has 1 aliphatic rings. The molecule has 114 valence electrons. The number of aryl methyl sites for hydroxylation is 2. The van der Waals surface area contributed by atoms with Crippen LogP contribution in [-0.2, 0) is 19.4 Å². The van der Waals surface area contributed by atoms with Gasteiger partial charge in [-0.3, -0.25) is 4.79 Å². The minimum Gasteiger partial charge on any atom is -0.308 e. The lowest BCUT2D eigenvalue weighted by molar-refractivity contribution is 0.319. The largest absolute Gasteiger partial charge is 0.308 e. The summed E-state index contributed by atoms with van der Waals surface area (Å²) in [6.45, 7) is 7.42. The van der Waals surface area contributed by atoms with Gasteiger partial charge in [0.25, 0.3) is 5.56 Å². The Labute approximate surface area is 134 Å². The van der Waals surface area contributed by atoms with Gasteiger partial charge >= 0.3 is 0 Å². The summed E-state index contributed by atoms with van der Waals surface area (Å²) in [7, 11) is 0. The van der Waals surface area contributed by atoms with Gasteiger partial charge in [0, 0.05) is 21.5 Å². The lowest BCUT2D eigenvalue weighted by atomic mass is 9.76. The van der Waals surface area contributed by atoms with Crippen LogP contribution in [0.1, 0.15) is 37.6 Å². The topological polar surface area (TPSA) is 22.0 Å². The first-order valence-corrected chi connectivity index (χ1v) is 8.89. The second-order valence-corrected chi connectivity index (χ2v) is 8.22. The lowest BCUT2D eigenvalue weighted by Gasteiger charge is -2.29. The van der Waals surface area contributed by atoms with Gasteiger partial charge in [-0.2, -0.15) is 0 Å². The van der Waals surface area contributed by atoms with E-state index in [9.17, 15) is 4.79 Å².